The molecule has 17 heavy (non-hydrogen) atoms. The number of alkyl halides is 3. The van der Waals surface area contributed by atoms with Crippen LogP contribution in [0.5, 0.6) is 0 Å². The van der Waals surface area contributed by atoms with E-state index in [2.05, 4.69) is 0 Å². The monoisotopic (exact) mass is 267 g/mol. The standard InChI is InChI=1S/C9H8F3NO3S/c10-9(11,12)17-5-4-13-6(8(15)16)2-1-3-7(13)14/h1-3H,4-5H2,(H,15,16). The Hall–Kier alpha value is -1.44. The lowest BCUT2D eigenvalue weighted by molar-refractivity contribution is -0.0328. The van der Waals surface area contributed by atoms with E-state index >= 15 is 0 Å². The number of rotatable bonds is 4. The van der Waals surface area contributed by atoms with Crippen molar-refractivity contribution in [3.63, 3.8) is 0 Å². The Balaban J connectivity index is 2.83. The first kappa shape index (κ1) is 13.6. The molecule has 94 valence electrons. The van der Waals surface area contributed by atoms with Gasteiger partial charge in [0.15, 0.2) is 0 Å². The topological polar surface area (TPSA) is 59.3 Å². The van der Waals surface area contributed by atoms with Crippen molar-refractivity contribution < 1.29 is 23.1 Å². The number of hydrogen-bond donors (Lipinski definition) is 1. The average Bonchev–Trinajstić information content (AvgIpc) is 2.18. The van der Waals surface area contributed by atoms with Crippen molar-refractivity contribution in [3.05, 3.63) is 34.2 Å². The molecular weight excluding hydrogens is 259 g/mol. The molecule has 4 nitrogen and oxygen atoms in total. The van der Waals surface area contributed by atoms with Gasteiger partial charge < -0.3 is 9.67 Å². The fourth-order valence-electron chi connectivity index (χ4n) is 1.19. The predicted molar refractivity (Wildman–Crippen MR) is 56.2 cm³/mol. The Morgan fingerprint density at radius 1 is 1.41 bits per heavy atom. The number of hydrogen-bond acceptors (Lipinski definition) is 3. The molecule has 0 aliphatic carbocycles. The molecule has 0 atom stereocenters. The van der Waals surface area contributed by atoms with E-state index in [1.54, 1.807) is 0 Å². The molecule has 1 rings (SSSR count). The number of carboxylic acids is 1. The van der Waals surface area contributed by atoms with Crippen molar-refractivity contribution in [2.24, 2.45) is 0 Å². The van der Waals surface area contributed by atoms with Gasteiger partial charge in [-0.25, -0.2) is 4.79 Å². The zero-order chi connectivity index (χ0) is 13.1. The molecule has 0 saturated carbocycles. The molecular formula is C9H8F3NO3S. The quantitative estimate of drug-likeness (QED) is 0.903. The lowest BCUT2D eigenvalue weighted by atomic mass is 10.3. The van der Waals surface area contributed by atoms with Crippen LogP contribution in [0.15, 0.2) is 23.0 Å². The van der Waals surface area contributed by atoms with Gasteiger partial charge in [-0.1, -0.05) is 6.07 Å². The summed E-state index contributed by atoms with van der Waals surface area (Å²) in [6.45, 7) is -0.300. The molecule has 0 fully saturated rings. The summed E-state index contributed by atoms with van der Waals surface area (Å²) in [5.74, 6) is -1.76. The Morgan fingerprint density at radius 3 is 2.59 bits per heavy atom. The Morgan fingerprint density at radius 2 is 2.06 bits per heavy atom. The zero-order valence-electron chi connectivity index (χ0n) is 8.40. The minimum absolute atomic E-state index is 0.295. The SMILES string of the molecule is O=C(O)c1cccc(=O)n1CCSC(F)(F)F. The summed E-state index contributed by atoms with van der Waals surface area (Å²) >= 11 is -0.295. The van der Waals surface area contributed by atoms with Gasteiger partial charge in [0, 0.05) is 18.4 Å². The van der Waals surface area contributed by atoms with Crippen LogP contribution in [0, 0.1) is 0 Å². The van der Waals surface area contributed by atoms with Gasteiger partial charge >= 0.3 is 11.5 Å². The number of thioether (sulfide) groups is 1. The third kappa shape index (κ3) is 4.14. The molecule has 0 bridgehead atoms. The molecule has 0 aliphatic heterocycles. The van der Waals surface area contributed by atoms with Gasteiger partial charge in [-0.15, -0.1) is 0 Å². The second-order valence-corrected chi connectivity index (χ2v) is 4.16. The molecule has 1 N–H and O–H groups in total. The van der Waals surface area contributed by atoms with E-state index in [-0.39, 0.29) is 24.0 Å². The van der Waals surface area contributed by atoms with Crippen LogP contribution in [-0.2, 0) is 6.54 Å². The van der Waals surface area contributed by atoms with Crippen LogP contribution in [0.3, 0.4) is 0 Å². The molecule has 0 saturated heterocycles. The molecule has 1 heterocycles. The van der Waals surface area contributed by atoms with Crippen LogP contribution in [0.4, 0.5) is 13.2 Å². The normalized spacial score (nSPS) is 11.5. The molecule has 8 heteroatoms. The van der Waals surface area contributed by atoms with E-state index in [9.17, 15) is 22.8 Å². The van der Waals surface area contributed by atoms with Gasteiger partial charge in [0.05, 0.1) is 0 Å². The van der Waals surface area contributed by atoms with Crippen LogP contribution in [-0.4, -0.2) is 26.9 Å². The Labute approximate surface area is 98.1 Å². The molecule has 1 aromatic heterocycles. The number of carbonyl (C=O) groups is 1. The van der Waals surface area contributed by atoms with Gasteiger partial charge in [0.25, 0.3) is 5.56 Å². The van der Waals surface area contributed by atoms with Crippen LogP contribution < -0.4 is 5.56 Å². The van der Waals surface area contributed by atoms with Crippen molar-refractivity contribution in [3.8, 4) is 0 Å². The van der Waals surface area contributed by atoms with Crippen molar-refractivity contribution in [1.82, 2.24) is 4.57 Å². The highest BCUT2D eigenvalue weighted by molar-refractivity contribution is 8.00. The molecule has 0 aromatic carbocycles. The van der Waals surface area contributed by atoms with E-state index in [1.807, 2.05) is 0 Å². The molecule has 0 amide bonds. The number of nitrogens with zero attached hydrogens (tertiary/aromatic N) is 1. The Kier molecular flexibility index (Phi) is 4.22. The molecule has 0 spiro atoms. The maximum Gasteiger partial charge on any atom is 0.441 e. The summed E-state index contributed by atoms with van der Waals surface area (Å²) in [7, 11) is 0. The summed E-state index contributed by atoms with van der Waals surface area (Å²) in [5, 5.41) is 8.76. The molecule has 0 unspecified atom stereocenters. The number of aromatic nitrogens is 1. The van der Waals surface area contributed by atoms with Crippen LogP contribution in [0.1, 0.15) is 10.5 Å². The number of pyridine rings is 1. The van der Waals surface area contributed by atoms with Crippen LogP contribution >= 0.6 is 11.8 Å². The highest BCUT2D eigenvalue weighted by Gasteiger charge is 2.27. The third-order valence-corrected chi connectivity index (χ3v) is 2.56. The van der Waals surface area contributed by atoms with Crippen molar-refractivity contribution in [2.75, 3.05) is 5.75 Å². The summed E-state index contributed by atoms with van der Waals surface area (Å²) in [5.41, 5.74) is -5.34. The van der Waals surface area contributed by atoms with Gasteiger partial charge in [-0.05, 0) is 17.8 Å². The van der Waals surface area contributed by atoms with Crippen molar-refractivity contribution >= 4 is 17.7 Å². The van der Waals surface area contributed by atoms with Crippen LogP contribution in [0.25, 0.3) is 0 Å². The maximum atomic E-state index is 11.9. The molecule has 0 aliphatic rings. The van der Waals surface area contributed by atoms with E-state index in [4.69, 9.17) is 5.11 Å². The minimum atomic E-state index is -4.39. The van der Waals surface area contributed by atoms with E-state index < -0.39 is 22.8 Å². The second-order valence-electron chi connectivity index (χ2n) is 3.00. The number of aromatic carboxylic acids is 1. The lowest BCUT2D eigenvalue weighted by Crippen LogP contribution is -2.26. The van der Waals surface area contributed by atoms with E-state index in [1.165, 1.54) is 12.1 Å². The number of carboxylic acid groups (broad SMARTS) is 1. The zero-order valence-corrected chi connectivity index (χ0v) is 9.22. The summed E-state index contributed by atoms with van der Waals surface area (Å²) in [6, 6.07) is 3.52. The smallest absolute Gasteiger partial charge is 0.441 e. The second kappa shape index (κ2) is 5.26. The minimum Gasteiger partial charge on any atom is -0.477 e. The fourth-order valence-corrected chi connectivity index (χ4v) is 1.70. The predicted octanol–water partition coefficient (Wildman–Crippen LogP) is 1.80. The molecule has 0 radical (unpaired) electrons. The first-order chi connectivity index (χ1) is 7.81. The van der Waals surface area contributed by atoms with Gasteiger partial charge in [0.1, 0.15) is 5.69 Å². The maximum absolute atomic E-state index is 11.9. The fraction of sp³-hybridized carbons (Fsp3) is 0.333. The van der Waals surface area contributed by atoms with Gasteiger partial charge in [-0.3, -0.25) is 4.79 Å². The van der Waals surface area contributed by atoms with E-state index in [0.29, 0.717) is 0 Å². The first-order valence-electron chi connectivity index (χ1n) is 4.45. The van der Waals surface area contributed by atoms with Crippen molar-refractivity contribution in [2.45, 2.75) is 12.1 Å². The summed E-state index contributed by atoms with van der Waals surface area (Å²) in [4.78, 5) is 22.1. The first-order valence-corrected chi connectivity index (χ1v) is 5.43. The van der Waals surface area contributed by atoms with Crippen LogP contribution in [0.2, 0.25) is 0 Å². The summed E-state index contributed by atoms with van der Waals surface area (Å²) in [6.07, 6.45) is 0. The molecule has 1 aromatic rings. The van der Waals surface area contributed by atoms with Crippen molar-refractivity contribution in [1.29, 1.82) is 0 Å². The Bertz CT molecular complexity index is 469. The van der Waals surface area contributed by atoms with Gasteiger partial charge in [-0.2, -0.15) is 13.2 Å². The number of halogens is 3. The largest absolute Gasteiger partial charge is 0.477 e. The average molecular weight is 267 g/mol. The highest BCUT2D eigenvalue weighted by Crippen LogP contribution is 2.29. The lowest BCUT2D eigenvalue weighted by Gasteiger charge is -2.10. The van der Waals surface area contributed by atoms with Gasteiger partial charge in [0.2, 0.25) is 0 Å². The summed E-state index contributed by atoms with van der Waals surface area (Å²) < 4.78 is 36.4. The van der Waals surface area contributed by atoms with E-state index in [0.717, 1.165) is 10.6 Å². The highest BCUT2D eigenvalue weighted by atomic mass is 32.2. The third-order valence-electron chi connectivity index (χ3n) is 1.85.